The van der Waals surface area contributed by atoms with Gasteiger partial charge in [0.2, 0.25) is 0 Å². The fourth-order valence-corrected chi connectivity index (χ4v) is 2.78. The van der Waals surface area contributed by atoms with Crippen LogP contribution in [0.15, 0.2) is 17.0 Å². The first-order valence-corrected chi connectivity index (χ1v) is 7.01. The van der Waals surface area contributed by atoms with Crippen molar-refractivity contribution in [2.45, 2.75) is 6.92 Å². The van der Waals surface area contributed by atoms with E-state index in [0.29, 0.717) is 21.4 Å². The van der Waals surface area contributed by atoms with Crippen molar-refractivity contribution in [3.63, 3.8) is 0 Å². The number of carbonyl (C=O) groups is 1. The third-order valence-electron chi connectivity index (χ3n) is 2.29. The van der Waals surface area contributed by atoms with Crippen LogP contribution in [0.4, 0.5) is 0 Å². The summed E-state index contributed by atoms with van der Waals surface area (Å²) in [7, 11) is 0. The Hall–Kier alpha value is -1.24. The number of nitrogens with one attached hydrogen (secondary N) is 1. The van der Waals surface area contributed by atoms with Gasteiger partial charge in [-0.3, -0.25) is 4.79 Å². The summed E-state index contributed by atoms with van der Waals surface area (Å²) in [6.07, 6.45) is 1.65. The minimum Gasteiger partial charge on any atom is -0.503 e. The summed E-state index contributed by atoms with van der Waals surface area (Å²) in [5.74, 6) is -0.0605. The Kier molecular flexibility index (Phi) is 4.34. The van der Waals surface area contributed by atoms with E-state index in [1.165, 1.54) is 11.8 Å². The van der Waals surface area contributed by atoms with E-state index in [2.05, 4.69) is 5.32 Å². The SMILES string of the molecule is CCOc1cc(/C=C2\SC(=S)NC2=O)cc(Cl)c1O. The lowest BCUT2D eigenvalue weighted by atomic mass is 10.2. The molecule has 0 atom stereocenters. The van der Waals surface area contributed by atoms with Gasteiger partial charge < -0.3 is 15.2 Å². The first kappa shape index (κ1) is 14.2. The van der Waals surface area contributed by atoms with Crippen LogP contribution in [0.1, 0.15) is 12.5 Å². The molecular formula is C12H10ClNO3S2. The van der Waals surface area contributed by atoms with Crippen LogP contribution in [0.2, 0.25) is 5.02 Å². The van der Waals surface area contributed by atoms with Gasteiger partial charge in [0.15, 0.2) is 11.5 Å². The lowest BCUT2D eigenvalue weighted by Gasteiger charge is -2.08. The van der Waals surface area contributed by atoms with Crippen molar-refractivity contribution in [1.29, 1.82) is 0 Å². The molecule has 19 heavy (non-hydrogen) atoms. The summed E-state index contributed by atoms with van der Waals surface area (Å²) in [6, 6.07) is 3.18. The van der Waals surface area contributed by atoms with E-state index < -0.39 is 0 Å². The number of hydrogen-bond acceptors (Lipinski definition) is 5. The third-order valence-corrected chi connectivity index (χ3v) is 3.74. The van der Waals surface area contributed by atoms with Crippen LogP contribution in [0, 0.1) is 0 Å². The predicted molar refractivity (Wildman–Crippen MR) is 80.6 cm³/mol. The Labute approximate surface area is 124 Å². The van der Waals surface area contributed by atoms with E-state index >= 15 is 0 Å². The van der Waals surface area contributed by atoms with Gasteiger partial charge >= 0.3 is 0 Å². The molecule has 1 fully saturated rings. The van der Waals surface area contributed by atoms with Gasteiger partial charge in [-0.15, -0.1) is 0 Å². The fourth-order valence-electron chi connectivity index (χ4n) is 1.52. The lowest BCUT2D eigenvalue weighted by Crippen LogP contribution is -2.17. The number of halogens is 1. The Morgan fingerprint density at radius 1 is 1.58 bits per heavy atom. The molecule has 7 heteroatoms. The van der Waals surface area contributed by atoms with Crippen LogP contribution in [0.3, 0.4) is 0 Å². The van der Waals surface area contributed by atoms with Crippen LogP contribution < -0.4 is 10.1 Å². The van der Waals surface area contributed by atoms with Crippen molar-refractivity contribution in [1.82, 2.24) is 5.32 Å². The normalized spacial score (nSPS) is 16.8. The van der Waals surface area contributed by atoms with Crippen LogP contribution in [0.5, 0.6) is 11.5 Å². The Morgan fingerprint density at radius 3 is 2.89 bits per heavy atom. The van der Waals surface area contributed by atoms with E-state index in [-0.39, 0.29) is 22.4 Å². The van der Waals surface area contributed by atoms with Crippen LogP contribution in [-0.2, 0) is 4.79 Å². The van der Waals surface area contributed by atoms with Gasteiger partial charge in [0.1, 0.15) is 4.32 Å². The largest absolute Gasteiger partial charge is 0.503 e. The molecule has 1 saturated heterocycles. The summed E-state index contributed by atoms with van der Waals surface area (Å²) in [5.41, 5.74) is 0.661. The zero-order chi connectivity index (χ0) is 14.0. The summed E-state index contributed by atoms with van der Waals surface area (Å²) in [4.78, 5) is 12.0. The number of hydrogen-bond donors (Lipinski definition) is 2. The molecule has 0 spiro atoms. The van der Waals surface area contributed by atoms with E-state index in [9.17, 15) is 9.90 Å². The second kappa shape index (κ2) is 5.81. The van der Waals surface area contributed by atoms with Crippen molar-refractivity contribution in [3.8, 4) is 11.5 Å². The fraction of sp³-hybridized carbons (Fsp3) is 0.167. The molecule has 1 amide bonds. The molecule has 1 aliphatic rings. The van der Waals surface area contributed by atoms with Crippen molar-refractivity contribution >= 4 is 51.9 Å². The van der Waals surface area contributed by atoms with E-state index in [0.717, 1.165) is 0 Å². The number of thiocarbonyl (C=S) groups is 1. The first-order chi connectivity index (χ1) is 9.01. The van der Waals surface area contributed by atoms with Gasteiger partial charge in [-0.25, -0.2) is 0 Å². The highest BCUT2D eigenvalue weighted by Crippen LogP contribution is 2.36. The summed E-state index contributed by atoms with van der Waals surface area (Å²) < 4.78 is 5.70. The van der Waals surface area contributed by atoms with Gasteiger partial charge in [0.25, 0.3) is 5.91 Å². The summed E-state index contributed by atoms with van der Waals surface area (Å²) in [6.45, 7) is 2.21. The second-order valence-electron chi connectivity index (χ2n) is 3.63. The van der Waals surface area contributed by atoms with E-state index in [1.54, 1.807) is 25.1 Å². The zero-order valence-corrected chi connectivity index (χ0v) is 12.3. The second-order valence-corrected chi connectivity index (χ2v) is 5.76. The molecule has 2 N–H and O–H groups in total. The molecule has 0 unspecified atom stereocenters. The first-order valence-electron chi connectivity index (χ1n) is 5.41. The minimum absolute atomic E-state index is 0.107. The average molecular weight is 316 g/mol. The van der Waals surface area contributed by atoms with Crippen molar-refractivity contribution < 1.29 is 14.6 Å². The predicted octanol–water partition coefficient (Wildman–Crippen LogP) is 2.93. The lowest BCUT2D eigenvalue weighted by molar-refractivity contribution is -0.115. The van der Waals surface area contributed by atoms with E-state index in [1.807, 2.05) is 0 Å². The number of thioether (sulfide) groups is 1. The third kappa shape index (κ3) is 3.20. The maximum atomic E-state index is 11.6. The van der Waals surface area contributed by atoms with Crippen molar-refractivity contribution in [2.75, 3.05) is 6.61 Å². The van der Waals surface area contributed by atoms with Gasteiger partial charge in [-0.2, -0.15) is 0 Å². The molecule has 4 nitrogen and oxygen atoms in total. The Balaban J connectivity index is 2.38. The molecule has 0 aromatic heterocycles. The maximum Gasteiger partial charge on any atom is 0.263 e. The number of benzene rings is 1. The van der Waals surface area contributed by atoms with Gasteiger partial charge in [-0.1, -0.05) is 35.6 Å². The number of phenolic OH excluding ortho intramolecular Hbond substituents is 1. The highest BCUT2D eigenvalue weighted by Gasteiger charge is 2.22. The number of phenols is 1. The molecule has 2 rings (SSSR count). The smallest absolute Gasteiger partial charge is 0.263 e. The van der Waals surface area contributed by atoms with Crippen LogP contribution in [0.25, 0.3) is 6.08 Å². The number of ether oxygens (including phenoxy) is 1. The summed E-state index contributed by atoms with van der Waals surface area (Å²) >= 11 is 12.0. The molecule has 1 aromatic carbocycles. The monoisotopic (exact) mass is 315 g/mol. The van der Waals surface area contributed by atoms with Crippen molar-refractivity contribution in [3.05, 3.63) is 27.6 Å². The van der Waals surface area contributed by atoms with E-state index in [4.69, 9.17) is 28.6 Å². The molecule has 1 heterocycles. The molecule has 0 radical (unpaired) electrons. The molecule has 100 valence electrons. The zero-order valence-electron chi connectivity index (χ0n) is 9.90. The molecule has 0 bridgehead atoms. The minimum atomic E-state index is -0.239. The highest BCUT2D eigenvalue weighted by atomic mass is 35.5. The Bertz CT molecular complexity index is 587. The average Bonchev–Trinajstić information content (AvgIpc) is 2.64. The maximum absolute atomic E-state index is 11.6. The standard InChI is InChI=1S/C12H10ClNO3S2/c1-2-17-8-4-6(3-7(13)10(8)15)5-9-11(16)14-12(18)19-9/h3-5,15H,2H2,1H3,(H,14,16,18)/b9-5-. The molecule has 0 saturated carbocycles. The molecule has 1 aliphatic heterocycles. The quantitative estimate of drug-likeness (QED) is 0.663. The topological polar surface area (TPSA) is 58.6 Å². The number of carbonyl (C=O) groups excluding carboxylic acids is 1. The number of rotatable bonds is 3. The summed E-state index contributed by atoms with van der Waals surface area (Å²) in [5, 5.41) is 12.4. The number of aromatic hydroxyl groups is 1. The molecule has 1 aromatic rings. The van der Waals surface area contributed by atoms with Crippen LogP contribution >= 0.6 is 35.6 Å². The molecular weight excluding hydrogens is 306 g/mol. The van der Waals surface area contributed by atoms with Gasteiger partial charge in [0.05, 0.1) is 16.5 Å². The molecule has 0 aliphatic carbocycles. The van der Waals surface area contributed by atoms with Crippen LogP contribution in [-0.4, -0.2) is 21.9 Å². The number of amides is 1. The highest BCUT2D eigenvalue weighted by molar-refractivity contribution is 8.26. The Morgan fingerprint density at radius 2 is 2.32 bits per heavy atom. The van der Waals surface area contributed by atoms with Gasteiger partial charge in [-0.05, 0) is 30.7 Å². The van der Waals surface area contributed by atoms with Crippen molar-refractivity contribution in [2.24, 2.45) is 0 Å². The van der Waals surface area contributed by atoms with Gasteiger partial charge in [0, 0.05) is 0 Å².